The van der Waals surface area contributed by atoms with Crippen LogP contribution < -0.4 is 5.32 Å². The van der Waals surface area contributed by atoms with E-state index in [4.69, 9.17) is 0 Å². The Morgan fingerprint density at radius 1 is 1.45 bits per heavy atom. The third-order valence-electron chi connectivity index (χ3n) is 2.95. The maximum Gasteiger partial charge on any atom is 0.230 e. The number of thioether (sulfide) groups is 1. The Balaban J connectivity index is 2.25. The van der Waals surface area contributed by atoms with Gasteiger partial charge in [0.05, 0.1) is 11.4 Å². The van der Waals surface area contributed by atoms with Crippen molar-refractivity contribution in [2.75, 3.05) is 12.3 Å². The largest absolute Gasteiger partial charge is 0.388 e. The van der Waals surface area contributed by atoms with E-state index in [-0.39, 0.29) is 5.91 Å². The van der Waals surface area contributed by atoms with Crippen molar-refractivity contribution in [3.05, 3.63) is 24.5 Å². The molecule has 1 aromatic rings. The summed E-state index contributed by atoms with van der Waals surface area (Å²) in [5.41, 5.74) is -0.832. The van der Waals surface area contributed by atoms with Crippen LogP contribution in [-0.4, -0.2) is 33.9 Å². The number of hydrogen-bond acceptors (Lipinski definition) is 4. The summed E-state index contributed by atoms with van der Waals surface area (Å²) in [5, 5.41) is 13.0. The summed E-state index contributed by atoms with van der Waals surface area (Å²) < 4.78 is 0. The van der Waals surface area contributed by atoms with Crippen LogP contribution >= 0.6 is 11.8 Å². The molecule has 0 saturated carbocycles. The van der Waals surface area contributed by atoms with Gasteiger partial charge in [0, 0.05) is 23.8 Å². The minimum absolute atomic E-state index is 0.0587. The van der Waals surface area contributed by atoms with Crippen LogP contribution in [-0.2, 0) is 4.79 Å². The van der Waals surface area contributed by atoms with Gasteiger partial charge >= 0.3 is 0 Å². The van der Waals surface area contributed by atoms with Gasteiger partial charge in [-0.2, -0.15) is 0 Å². The molecule has 1 unspecified atom stereocenters. The van der Waals surface area contributed by atoms with Gasteiger partial charge in [0.25, 0.3) is 0 Å². The summed E-state index contributed by atoms with van der Waals surface area (Å²) in [6.45, 7) is 6.32. The summed E-state index contributed by atoms with van der Waals surface area (Å²) in [4.78, 5) is 16.7. The number of nitrogens with zero attached hydrogens (tertiary/aromatic N) is 1. The first-order valence-corrected chi connectivity index (χ1v) is 7.89. The van der Waals surface area contributed by atoms with Crippen LogP contribution in [0.4, 0.5) is 0 Å². The highest BCUT2D eigenvalue weighted by Gasteiger charge is 2.21. The molecule has 1 rings (SSSR count). The molecule has 2 N–H and O–H groups in total. The summed E-state index contributed by atoms with van der Waals surface area (Å²) >= 11 is 1.46. The van der Waals surface area contributed by atoms with Crippen LogP contribution in [0, 0.1) is 5.92 Å². The van der Waals surface area contributed by atoms with Crippen molar-refractivity contribution in [3.8, 4) is 0 Å². The molecule has 1 aromatic heterocycles. The smallest absolute Gasteiger partial charge is 0.230 e. The fraction of sp³-hybridized carbons (Fsp3) is 0.600. The van der Waals surface area contributed by atoms with E-state index in [9.17, 15) is 9.90 Å². The standard InChI is InChI=1S/C15H24N2O2S/c1-12(2)4-7-15(3,19)11-17-14(18)10-20-13-5-8-16-9-6-13/h5-6,8-9,12,19H,4,7,10-11H2,1-3H3,(H,17,18). The lowest BCUT2D eigenvalue weighted by atomic mass is 9.95. The van der Waals surface area contributed by atoms with Crippen molar-refractivity contribution >= 4 is 17.7 Å². The Bertz CT molecular complexity index is 408. The first kappa shape index (κ1) is 17.0. The highest BCUT2D eigenvalue weighted by Crippen LogP contribution is 2.17. The molecular formula is C15H24N2O2S. The fourth-order valence-corrected chi connectivity index (χ4v) is 2.33. The molecule has 0 bridgehead atoms. The lowest BCUT2D eigenvalue weighted by Gasteiger charge is -2.24. The van der Waals surface area contributed by atoms with Crippen molar-refractivity contribution < 1.29 is 9.90 Å². The maximum atomic E-state index is 11.7. The summed E-state index contributed by atoms with van der Waals surface area (Å²) in [5.74, 6) is 0.848. The molecule has 5 heteroatoms. The zero-order chi connectivity index (χ0) is 15.0. The minimum atomic E-state index is -0.832. The third-order valence-corrected chi connectivity index (χ3v) is 3.96. The van der Waals surface area contributed by atoms with Gasteiger partial charge in [0.2, 0.25) is 5.91 Å². The molecule has 1 amide bonds. The van der Waals surface area contributed by atoms with E-state index in [0.29, 0.717) is 24.6 Å². The van der Waals surface area contributed by atoms with Gasteiger partial charge in [-0.05, 0) is 37.8 Å². The Labute approximate surface area is 125 Å². The second-order valence-electron chi connectivity index (χ2n) is 5.68. The van der Waals surface area contributed by atoms with E-state index in [1.54, 1.807) is 19.3 Å². The van der Waals surface area contributed by atoms with Crippen molar-refractivity contribution in [2.45, 2.75) is 44.1 Å². The van der Waals surface area contributed by atoms with Crippen LogP contribution in [0.1, 0.15) is 33.6 Å². The molecule has 1 heterocycles. The van der Waals surface area contributed by atoms with Gasteiger partial charge in [-0.3, -0.25) is 9.78 Å². The SMILES string of the molecule is CC(C)CCC(C)(O)CNC(=O)CSc1ccncc1. The predicted octanol–water partition coefficient (Wildman–Crippen LogP) is 2.48. The molecule has 1 atom stereocenters. The van der Waals surface area contributed by atoms with Crippen molar-refractivity contribution in [1.82, 2.24) is 10.3 Å². The number of amides is 1. The van der Waals surface area contributed by atoms with Gasteiger partial charge in [-0.15, -0.1) is 11.8 Å². The highest BCUT2D eigenvalue weighted by molar-refractivity contribution is 8.00. The second-order valence-corrected chi connectivity index (χ2v) is 6.73. The highest BCUT2D eigenvalue weighted by atomic mass is 32.2. The molecular weight excluding hydrogens is 272 g/mol. The van der Waals surface area contributed by atoms with Crippen LogP contribution in [0.3, 0.4) is 0 Å². The molecule has 4 nitrogen and oxygen atoms in total. The van der Waals surface area contributed by atoms with Crippen LogP contribution in [0.25, 0.3) is 0 Å². The van der Waals surface area contributed by atoms with Gasteiger partial charge in [-0.25, -0.2) is 0 Å². The molecule has 112 valence electrons. The van der Waals surface area contributed by atoms with E-state index in [1.807, 2.05) is 12.1 Å². The van der Waals surface area contributed by atoms with E-state index >= 15 is 0 Å². The predicted molar refractivity (Wildman–Crippen MR) is 82.7 cm³/mol. The number of aliphatic hydroxyl groups is 1. The molecule has 20 heavy (non-hydrogen) atoms. The number of aromatic nitrogens is 1. The van der Waals surface area contributed by atoms with Crippen LogP contribution in [0.15, 0.2) is 29.4 Å². The lowest BCUT2D eigenvalue weighted by molar-refractivity contribution is -0.119. The molecule has 0 spiro atoms. The van der Waals surface area contributed by atoms with Crippen molar-refractivity contribution in [2.24, 2.45) is 5.92 Å². The topological polar surface area (TPSA) is 62.2 Å². The van der Waals surface area contributed by atoms with Crippen molar-refractivity contribution in [3.63, 3.8) is 0 Å². The summed E-state index contributed by atoms with van der Waals surface area (Å²) in [6.07, 6.45) is 5.06. The normalized spacial score (nSPS) is 14.1. The zero-order valence-electron chi connectivity index (χ0n) is 12.4. The second kappa shape index (κ2) is 8.27. The van der Waals surface area contributed by atoms with Crippen molar-refractivity contribution in [1.29, 1.82) is 0 Å². The van der Waals surface area contributed by atoms with E-state index in [1.165, 1.54) is 11.8 Å². The van der Waals surface area contributed by atoms with E-state index in [2.05, 4.69) is 24.1 Å². The Kier molecular flexibility index (Phi) is 7.02. The van der Waals surface area contributed by atoms with Crippen LogP contribution in [0.2, 0.25) is 0 Å². The summed E-state index contributed by atoms with van der Waals surface area (Å²) in [6, 6.07) is 3.74. The first-order valence-electron chi connectivity index (χ1n) is 6.91. The number of rotatable bonds is 8. The van der Waals surface area contributed by atoms with E-state index in [0.717, 1.165) is 11.3 Å². The summed E-state index contributed by atoms with van der Waals surface area (Å²) in [7, 11) is 0. The van der Waals surface area contributed by atoms with E-state index < -0.39 is 5.60 Å². The Hall–Kier alpha value is -1.07. The third kappa shape index (κ3) is 7.50. The molecule has 0 fully saturated rings. The Morgan fingerprint density at radius 3 is 2.70 bits per heavy atom. The molecule has 0 saturated heterocycles. The fourth-order valence-electron chi connectivity index (χ4n) is 1.61. The molecule has 0 aromatic carbocycles. The number of nitrogens with one attached hydrogen (secondary N) is 1. The van der Waals surface area contributed by atoms with Crippen LogP contribution in [0.5, 0.6) is 0 Å². The lowest BCUT2D eigenvalue weighted by Crippen LogP contribution is -2.41. The molecule has 0 aliphatic heterocycles. The first-order chi connectivity index (χ1) is 9.39. The number of carbonyl (C=O) groups excluding carboxylic acids is 1. The number of pyridine rings is 1. The quantitative estimate of drug-likeness (QED) is 0.724. The van der Waals surface area contributed by atoms with Gasteiger partial charge in [0.1, 0.15) is 0 Å². The minimum Gasteiger partial charge on any atom is -0.388 e. The molecule has 0 aliphatic rings. The molecule has 0 aliphatic carbocycles. The average Bonchev–Trinajstić information content (AvgIpc) is 2.42. The van der Waals surface area contributed by atoms with Gasteiger partial charge in [-0.1, -0.05) is 13.8 Å². The Morgan fingerprint density at radius 2 is 2.10 bits per heavy atom. The number of hydrogen-bond donors (Lipinski definition) is 2. The number of carbonyl (C=O) groups is 1. The van der Waals surface area contributed by atoms with Gasteiger partial charge < -0.3 is 10.4 Å². The zero-order valence-corrected chi connectivity index (χ0v) is 13.2. The average molecular weight is 296 g/mol. The van der Waals surface area contributed by atoms with Gasteiger partial charge in [0.15, 0.2) is 0 Å². The monoisotopic (exact) mass is 296 g/mol. The molecule has 0 radical (unpaired) electrons. The maximum absolute atomic E-state index is 11.7.